The van der Waals surface area contributed by atoms with Crippen molar-refractivity contribution in [2.75, 3.05) is 38.2 Å². The van der Waals surface area contributed by atoms with Crippen molar-refractivity contribution >= 4 is 24.0 Å². The monoisotopic (exact) mass is 460 g/mol. The van der Waals surface area contributed by atoms with Crippen molar-refractivity contribution in [1.29, 1.82) is 0 Å². The number of nitrogens with zero attached hydrogens (tertiary/aromatic N) is 3. The molecule has 3 fully saturated rings. The van der Waals surface area contributed by atoms with Gasteiger partial charge in [0.05, 0.1) is 5.69 Å². The molecule has 1 amide bonds. The van der Waals surface area contributed by atoms with Crippen molar-refractivity contribution in [3.8, 4) is 0 Å². The zero-order valence-corrected chi connectivity index (χ0v) is 20.9. The number of piperidine rings is 1. The van der Waals surface area contributed by atoms with Crippen LogP contribution in [0.15, 0.2) is 24.3 Å². The predicted octanol–water partition coefficient (Wildman–Crippen LogP) is 4.36. The number of nitrogens with one attached hydrogen (secondary N) is 1. The van der Waals surface area contributed by atoms with Crippen LogP contribution in [0.2, 0.25) is 0 Å². The first-order chi connectivity index (χ1) is 14.9. The number of likely N-dealkylation sites (N-methyl/N-ethyl adjacent to an activating group) is 1. The van der Waals surface area contributed by atoms with Crippen LogP contribution in [-0.4, -0.2) is 60.5 Å². The quantitative estimate of drug-likeness (QED) is 0.724. The van der Waals surface area contributed by atoms with E-state index in [4.69, 9.17) is 0 Å². The van der Waals surface area contributed by atoms with Crippen molar-refractivity contribution in [3.05, 3.63) is 29.8 Å². The van der Waals surface area contributed by atoms with Gasteiger partial charge >= 0.3 is 0 Å². The lowest BCUT2D eigenvalue weighted by molar-refractivity contribution is -0.146. The molecule has 2 atom stereocenters. The molecule has 1 saturated carbocycles. The molecule has 1 aromatic rings. The molecule has 6 heteroatoms. The number of hydrogen-bond acceptors (Lipinski definition) is 4. The van der Waals surface area contributed by atoms with Crippen LogP contribution >= 0.6 is 12.4 Å². The number of benzene rings is 1. The Morgan fingerprint density at radius 1 is 1.06 bits per heavy atom. The molecule has 0 radical (unpaired) electrons. The van der Waals surface area contributed by atoms with E-state index in [2.05, 4.69) is 65.4 Å². The SMILES string of the molecule is CN1C2CCCC1(C(=O)NN1CC(C)(C)c3ccccc31)CN(CC1CCCCC1)C2.Cl. The van der Waals surface area contributed by atoms with Crippen LogP contribution in [-0.2, 0) is 10.2 Å². The summed E-state index contributed by atoms with van der Waals surface area (Å²) in [6.45, 7) is 8.55. The smallest absolute Gasteiger partial charge is 0.260 e. The summed E-state index contributed by atoms with van der Waals surface area (Å²) in [4.78, 5) is 19.0. The average Bonchev–Trinajstić information content (AvgIpc) is 3.00. The number of para-hydroxylation sites is 1. The lowest BCUT2D eigenvalue weighted by Crippen LogP contribution is -2.73. The number of likely N-dealkylation sites (tertiary alicyclic amines) is 1. The second-order valence-corrected chi connectivity index (χ2v) is 11.3. The van der Waals surface area contributed by atoms with Gasteiger partial charge in [0.2, 0.25) is 0 Å². The van der Waals surface area contributed by atoms with Gasteiger partial charge in [-0.1, -0.05) is 51.3 Å². The van der Waals surface area contributed by atoms with Crippen LogP contribution in [0.1, 0.15) is 70.8 Å². The number of piperazine rings is 1. The highest BCUT2D eigenvalue weighted by molar-refractivity contribution is 5.89. The van der Waals surface area contributed by atoms with Crippen molar-refractivity contribution < 1.29 is 4.79 Å². The average molecular weight is 461 g/mol. The molecule has 5 nitrogen and oxygen atoms in total. The van der Waals surface area contributed by atoms with E-state index in [0.717, 1.165) is 44.1 Å². The highest BCUT2D eigenvalue weighted by atomic mass is 35.5. The maximum Gasteiger partial charge on any atom is 0.260 e. The number of carbonyl (C=O) groups is 1. The number of rotatable bonds is 4. The summed E-state index contributed by atoms with van der Waals surface area (Å²) in [6.07, 6.45) is 10.3. The van der Waals surface area contributed by atoms with E-state index in [1.807, 2.05) is 0 Å². The molecule has 4 aliphatic rings. The van der Waals surface area contributed by atoms with Crippen LogP contribution in [0.3, 0.4) is 0 Å². The minimum absolute atomic E-state index is 0. The molecule has 2 saturated heterocycles. The Balaban J connectivity index is 0.00000245. The highest BCUT2D eigenvalue weighted by Crippen LogP contribution is 2.41. The summed E-state index contributed by atoms with van der Waals surface area (Å²) in [5.74, 6) is 1.02. The Hall–Kier alpha value is -1.30. The number of hydrazine groups is 1. The maximum absolute atomic E-state index is 13.9. The van der Waals surface area contributed by atoms with Crippen LogP contribution < -0.4 is 10.4 Å². The van der Waals surface area contributed by atoms with E-state index in [9.17, 15) is 4.79 Å². The van der Waals surface area contributed by atoms with Gasteiger partial charge in [-0.2, -0.15) is 0 Å². The number of hydrogen-bond donors (Lipinski definition) is 1. The molecular formula is C26H41ClN4O. The van der Waals surface area contributed by atoms with Gasteiger partial charge in [-0.3, -0.25) is 25.0 Å². The zero-order valence-electron chi connectivity index (χ0n) is 20.1. The molecule has 3 heterocycles. The first kappa shape index (κ1) is 23.8. The topological polar surface area (TPSA) is 38.8 Å². The Labute approximate surface area is 200 Å². The summed E-state index contributed by atoms with van der Waals surface area (Å²) < 4.78 is 0. The zero-order chi connectivity index (χ0) is 21.6. The summed E-state index contributed by atoms with van der Waals surface area (Å²) in [5, 5.41) is 2.12. The fourth-order valence-corrected chi connectivity index (χ4v) is 6.88. The number of fused-ring (bicyclic) bond motifs is 3. The Kier molecular flexibility index (Phi) is 6.82. The Morgan fingerprint density at radius 3 is 2.59 bits per heavy atom. The molecule has 0 aromatic heterocycles. The summed E-state index contributed by atoms with van der Waals surface area (Å²) in [6, 6.07) is 9.03. The normalized spacial score (nSPS) is 30.5. The van der Waals surface area contributed by atoms with Crippen LogP contribution in [0.4, 0.5) is 5.69 Å². The van der Waals surface area contributed by atoms with Gasteiger partial charge < -0.3 is 0 Å². The van der Waals surface area contributed by atoms with E-state index in [1.165, 1.54) is 50.6 Å². The van der Waals surface area contributed by atoms with E-state index >= 15 is 0 Å². The maximum atomic E-state index is 13.9. The van der Waals surface area contributed by atoms with Gasteiger partial charge in [-0.05, 0) is 56.7 Å². The summed E-state index contributed by atoms with van der Waals surface area (Å²) in [7, 11) is 2.20. The number of anilines is 1. The van der Waals surface area contributed by atoms with Crippen LogP contribution in [0.5, 0.6) is 0 Å². The van der Waals surface area contributed by atoms with Gasteiger partial charge in [-0.15, -0.1) is 12.4 Å². The molecule has 178 valence electrons. The lowest BCUT2D eigenvalue weighted by atomic mass is 9.78. The molecule has 2 bridgehead atoms. The Bertz CT molecular complexity index is 824. The summed E-state index contributed by atoms with van der Waals surface area (Å²) >= 11 is 0. The highest BCUT2D eigenvalue weighted by Gasteiger charge is 2.52. The van der Waals surface area contributed by atoms with E-state index in [0.29, 0.717) is 6.04 Å². The predicted molar refractivity (Wildman–Crippen MR) is 133 cm³/mol. The Morgan fingerprint density at radius 2 is 1.81 bits per heavy atom. The van der Waals surface area contributed by atoms with Crippen molar-refractivity contribution in [3.63, 3.8) is 0 Å². The van der Waals surface area contributed by atoms with Gasteiger partial charge in [-0.25, -0.2) is 0 Å². The first-order valence-corrected chi connectivity index (χ1v) is 12.5. The number of halogens is 1. The first-order valence-electron chi connectivity index (χ1n) is 12.5. The van der Waals surface area contributed by atoms with Crippen LogP contribution in [0.25, 0.3) is 0 Å². The molecule has 5 rings (SSSR count). The van der Waals surface area contributed by atoms with Crippen molar-refractivity contribution in [2.24, 2.45) is 5.92 Å². The fraction of sp³-hybridized carbons (Fsp3) is 0.731. The molecule has 32 heavy (non-hydrogen) atoms. The lowest BCUT2D eigenvalue weighted by Gasteiger charge is -2.56. The van der Waals surface area contributed by atoms with E-state index in [1.54, 1.807) is 0 Å². The van der Waals surface area contributed by atoms with Gasteiger partial charge in [0, 0.05) is 37.6 Å². The van der Waals surface area contributed by atoms with Gasteiger partial charge in [0.1, 0.15) is 5.54 Å². The third kappa shape index (κ3) is 4.17. The second-order valence-electron chi connectivity index (χ2n) is 11.3. The van der Waals surface area contributed by atoms with Gasteiger partial charge in [0.15, 0.2) is 0 Å². The minimum atomic E-state index is -0.405. The number of amides is 1. The molecule has 1 aromatic carbocycles. The van der Waals surface area contributed by atoms with Crippen LogP contribution in [0, 0.1) is 5.92 Å². The van der Waals surface area contributed by atoms with E-state index in [-0.39, 0.29) is 23.7 Å². The van der Waals surface area contributed by atoms with Crippen molar-refractivity contribution in [2.45, 2.75) is 82.2 Å². The largest absolute Gasteiger partial charge is 0.299 e. The van der Waals surface area contributed by atoms with Gasteiger partial charge in [0.25, 0.3) is 5.91 Å². The molecular weight excluding hydrogens is 420 g/mol. The fourth-order valence-electron chi connectivity index (χ4n) is 6.88. The number of carbonyl (C=O) groups excluding carboxylic acids is 1. The standard InChI is InChI=1S/C26H40N4O.ClH/c1-25(2)18-30(23-14-8-7-13-22(23)25)27-24(31)26-15-9-12-21(28(26)3)17-29(19-26)16-20-10-5-4-6-11-20;/h7-8,13-14,20-21H,4-6,9-12,15-19H2,1-3H3,(H,27,31);1H. The van der Waals surface area contributed by atoms with Crippen molar-refractivity contribution in [1.82, 2.24) is 15.2 Å². The molecule has 3 aliphatic heterocycles. The third-order valence-electron chi connectivity index (χ3n) is 8.68. The minimum Gasteiger partial charge on any atom is -0.299 e. The third-order valence-corrected chi connectivity index (χ3v) is 8.68. The molecule has 2 unspecified atom stereocenters. The molecule has 1 N–H and O–H groups in total. The van der Waals surface area contributed by atoms with E-state index < -0.39 is 5.54 Å². The molecule has 1 aliphatic carbocycles. The summed E-state index contributed by atoms with van der Waals surface area (Å²) in [5.41, 5.74) is 5.50. The second kappa shape index (κ2) is 9.15. The molecule has 0 spiro atoms.